The zero-order valence-electron chi connectivity index (χ0n) is 14.1. The third-order valence-corrected chi connectivity index (χ3v) is 5.27. The Morgan fingerprint density at radius 1 is 1.20 bits per heavy atom. The van der Waals surface area contributed by atoms with Crippen molar-refractivity contribution in [2.24, 2.45) is 0 Å². The first-order valence-electron chi connectivity index (χ1n) is 7.49. The van der Waals surface area contributed by atoms with Gasteiger partial charge in [-0.25, -0.2) is 8.42 Å². The zero-order chi connectivity index (χ0) is 18.8. The van der Waals surface area contributed by atoms with Crippen LogP contribution in [0, 0.1) is 10.1 Å². The third-order valence-electron chi connectivity index (χ3n) is 3.90. The second kappa shape index (κ2) is 7.01. The van der Waals surface area contributed by atoms with Crippen LogP contribution >= 0.6 is 11.6 Å². The number of sulfone groups is 1. The Morgan fingerprint density at radius 2 is 1.88 bits per heavy atom. The minimum Gasteiger partial charge on any atom is -0.383 e. The Kier molecular flexibility index (Phi) is 5.39. The Balaban J connectivity index is 2.32. The van der Waals surface area contributed by atoms with E-state index in [0.29, 0.717) is 17.3 Å². The highest BCUT2D eigenvalue weighted by atomic mass is 35.5. The van der Waals surface area contributed by atoms with Crippen molar-refractivity contribution >= 4 is 32.8 Å². The molecular weight excluding hydrogens is 364 g/mol. The normalized spacial score (nSPS) is 12.0. The summed E-state index contributed by atoms with van der Waals surface area (Å²) in [6, 6.07) is 11.2. The molecule has 1 N–H and O–H groups in total. The van der Waals surface area contributed by atoms with Gasteiger partial charge < -0.3 is 5.32 Å². The van der Waals surface area contributed by atoms with Gasteiger partial charge in [0.2, 0.25) is 0 Å². The number of hydrogen-bond donors (Lipinski definition) is 1. The number of benzene rings is 2. The van der Waals surface area contributed by atoms with E-state index in [9.17, 15) is 18.5 Å². The van der Waals surface area contributed by atoms with Crippen molar-refractivity contribution < 1.29 is 13.3 Å². The lowest BCUT2D eigenvalue weighted by Crippen LogP contribution is -2.28. The van der Waals surface area contributed by atoms with Gasteiger partial charge >= 0.3 is 0 Å². The van der Waals surface area contributed by atoms with Crippen molar-refractivity contribution in [3.63, 3.8) is 0 Å². The van der Waals surface area contributed by atoms with E-state index in [0.717, 1.165) is 17.9 Å². The van der Waals surface area contributed by atoms with E-state index >= 15 is 0 Å². The number of halogens is 1. The van der Waals surface area contributed by atoms with Crippen molar-refractivity contribution in [1.29, 1.82) is 0 Å². The SMILES string of the molecule is CC(C)(CNc1ccc([N+](=O)[O-])cc1S(C)(=O)=O)c1cccc(Cl)c1. The molecule has 0 aliphatic heterocycles. The first kappa shape index (κ1) is 19.2. The molecule has 25 heavy (non-hydrogen) atoms. The highest BCUT2D eigenvalue weighted by Crippen LogP contribution is 2.30. The molecule has 2 aromatic rings. The zero-order valence-corrected chi connectivity index (χ0v) is 15.7. The molecule has 6 nitrogen and oxygen atoms in total. The number of nitrogens with one attached hydrogen (secondary N) is 1. The van der Waals surface area contributed by atoms with Crippen molar-refractivity contribution in [1.82, 2.24) is 0 Å². The predicted octanol–water partition coefficient (Wildman–Crippen LogP) is 4.04. The molecule has 0 fully saturated rings. The second-order valence-electron chi connectivity index (χ2n) is 6.46. The lowest BCUT2D eigenvalue weighted by molar-refractivity contribution is -0.385. The average molecular weight is 383 g/mol. The molecule has 0 spiro atoms. The van der Waals surface area contributed by atoms with Crippen LogP contribution in [0.5, 0.6) is 0 Å². The molecule has 0 radical (unpaired) electrons. The van der Waals surface area contributed by atoms with Crippen molar-refractivity contribution in [2.75, 3.05) is 18.1 Å². The first-order chi connectivity index (χ1) is 11.5. The molecule has 0 bridgehead atoms. The van der Waals surface area contributed by atoms with E-state index in [1.54, 1.807) is 6.07 Å². The minimum atomic E-state index is -3.62. The Morgan fingerprint density at radius 3 is 2.44 bits per heavy atom. The number of anilines is 1. The summed E-state index contributed by atoms with van der Waals surface area (Å²) in [5.41, 5.74) is 0.736. The molecule has 0 aromatic heterocycles. The van der Waals surface area contributed by atoms with Gasteiger partial charge in [0.1, 0.15) is 0 Å². The Bertz CT molecular complexity index is 911. The third kappa shape index (κ3) is 4.70. The van der Waals surface area contributed by atoms with Gasteiger partial charge in [0.15, 0.2) is 9.84 Å². The quantitative estimate of drug-likeness (QED) is 0.601. The van der Waals surface area contributed by atoms with Crippen molar-refractivity contribution in [2.45, 2.75) is 24.2 Å². The summed E-state index contributed by atoms with van der Waals surface area (Å²) < 4.78 is 24.0. The maximum atomic E-state index is 12.0. The first-order valence-corrected chi connectivity index (χ1v) is 9.76. The van der Waals surface area contributed by atoms with E-state index in [1.807, 2.05) is 32.0 Å². The second-order valence-corrected chi connectivity index (χ2v) is 8.88. The smallest absolute Gasteiger partial charge is 0.270 e. The molecule has 0 aliphatic carbocycles. The number of non-ortho nitro benzene ring substituents is 1. The molecule has 0 amide bonds. The fourth-order valence-corrected chi connectivity index (χ4v) is 3.47. The van der Waals surface area contributed by atoms with E-state index < -0.39 is 14.8 Å². The molecule has 0 saturated carbocycles. The maximum Gasteiger partial charge on any atom is 0.270 e. The molecule has 0 heterocycles. The Hall–Kier alpha value is -2.12. The van der Waals surface area contributed by atoms with Crippen LogP contribution in [0.15, 0.2) is 47.4 Å². The van der Waals surface area contributed by atoms with Gasteiger partial charge in [0.25, 0.3) is 5.69 Å². The van der Waals surface area contributed by atoms with Crippen molar-refractivity contribution in [3.8, 4) is 0 Å². The highest BCUT2D eigenvalue weighted by molar-refractivity contribution is 7.90. The van der Waals surface area contributed by atoms with E-state index in [-0.39, 0.29) is 16.0 Å². The van der Waals surface area contributed by atoms with Gasteiger partial charge in [-0.3, -0.25) is 10.1 Å². The summed E-state index contributed by atoms with van der Waals surface area (Å²) in [6.45, 7) is 4.42. The van der Waals surface area contributed by atoms with Crippen LogP contribution in [0.3, 0.4) is 0 Å². The molecule has 8 heteroatoms. The maximum absolute atomic E-state index is 12.0. The van der Waals surface area contributed by atoms with Gasteiger partial charge in [-0.05, 0) is 23.8 Å². The van der Waals surface area contributed by atoms with Gasteiger partial charge in [-0.2, -0.15) is 0 Å². The van der Waals surface area contributed by atoms with Crippen LogP contribution in [0.4, 0.5) is 11.4 Å². The van der Waals surface area contributed by atoms with E-state index in [1.165, 1.54) is 12.1 Å². The summed E-state index contributed by atoms with van der Waals surface area (Å²) >= 11 is 6.04. The standard InChI is InChI=1S/C17H19ClN2O4S/c1-17(2,12-5-4-6-13(18)9-12)11-19-15-8-7-14(20(21)22)10-16(15)25(3,23)24/h4-10,19H,11H2,1-3H3. The van der Waals surface area contributed by atoms with Crippen LogP contribution in [0.2, 0.25) is 5.02 Å². The van der Waals surface area contributed by atoms with Gasteiger partial charge in [-0.15, -0.1) is 0 Å². The molecule has 0 atom stereocenters. The van der Waals surface area contributed by atoms with Crippen LogP contribution in [-0.4, -0.2) is 26.1 Å². The van der Waals surface area contributed by atoms with Crippen molar-refractivity contribution in [3.05, 3.63) is 63.2 Å². The number of nitro benzene ring substituents is 1. The minimum absolute atomic E-state index is 0.0939. The van der Waals surface area contributed by atoms with Gasteiger partial charge in [0, 0.05) is 35.4 Å². The topological polar surface area (TPSA) is 89.3 Å². The molecule has 134 valence electrons. The van der Waals surface area contributed by atoms with Gasteiger partial charge in [0.05, 0.1) is 15.5 Å². The lowest BCUT2D eigenvalue weighted by atomic mass is 9.84. The average Bonchev–Trinajstić information content (AvgIpc) is 2.52. The molecule has 0 aliphatic rings. The largest absolute Gasteiger partial charge is 0.383 e. The van der Waals surface area contributed by atoms with Crippen LogP contribution < -0.4 is 5.32 Å². The molecule has 0 unspecified atom stereocenters. The van der Waals surface area contributed by atoms with Crippen LogP contribution in [-0.2, 0) is 15.3 Å². The summed E-state index contributed by atoms with van der Waals surface area (Å²) in [7, 11) is -3.62. The van der Waals surface area contributed by atoms with E-state index in [4.69, 9.17) is 11.6 Å². The summed E-state index contributed by atoms with van der Waals surface area (Å²) in [6.07, 6.45) is 1.03. The molecule has 0 saturated heterocycles. The lowest BCUT2D eigenvalue weighted by Gasteiger charge is -2.27. The number of rotatable bonds is 6. The summed E-state index contributed by atoms with van der Waals surface area (Å²) in [5, 5.41) is 14.6. The van der Waals surface area contributed by atoms with Gasteiger partial charge in [-0.1, -0.05) is 37.6 Å². The molecule has 2 rings (SSSR count). The monoisotopic (exact) mass is 382 g/mol. The van der Waals surface area contributed by atoms with Crippen LogP contribution in [0.25, 0.3) is 0 Å². The number of hydrogen-bond acceptors (Lipinski definition) is 5. The predicted molar refractivity (Wildman–Crippen MR) is 99.2 cm³/mol. The molecule has 2 aromatic carbocycles. The number of nitrogens with zero attached hydrogens (tertiary/aromatic N) is 1. The van der Waals surface area contributed by atoms with E-state index in [2.05, 4.69) is 5.32 Å². The summed E-state index contributed by atoms with van der Waals surface area (Å²) in [5.74, 6) is 0. The fourth-order valence-electron chi connectivity index (χ4n) is 2.41. The fraction of sp³-hybridized carbons (Fsp3) is 0.294. The number of nitro groups is 1. The molecular formula is C17H19ClN2O4S. The highest BCUT2D eigenvalue weighted by Gasteiger charge is 2.23. The Labute approximate surface area is 151 Å². The summed E-state index contributed by atoms with van der Waals surface area (Å²) in [4.78, 5) is 10.2. The van der Waals surface area contributed by atoms with Crippen LogP contribution in [0.1, 0.15) is 19.4 Å².